The Bertz CT molecular complexity index is 1350. The van der Waals surface area contributed by atoms with Gasteiger partial charge in [0.05, 0.1) is 23.5 Å². The predicted molar refractivity (Wildman–Crippen MR) is 149 cm³/mol. The number of fused-ring (bicyclic) bond motifs is 1. The van der Waals surface area contributed by atoms with E-state index in [1.165, 1.54) is 0 Å². The molecule has 0 bridgehead atoms. The number of unbranched alkanes of at least 4 members (excludes halogenated alkanes) is 2. The van der Waals surface area contributed by atoms with E-state index in [4.69, 9.17) is 0 Å². The molecule has 5 rings (SSSR count). The number of H-pyrrole nitrogens is 2. The number of aromatic amines is 2. The maximum absolute atomic E-state index is 13.4. The van der Waals surface area contributed by atoms with Gasteiger partial charge in [0.1, 0.15) is 11.6 Å². The minimum Gasteiger partial charge on any atom is -0.346 e. The number of nitrogens with one attached hydrogen (secondary N) is 3. The molecule has 3 N–H and O–H groups in total. The summed E-state index contributed by atoms with van der Waals surface area (Å²) < 4.78 is 0. The number of rotatable bonds is 11. The molecule has 8 heteroatoms. The van der Waals surface area contributed by atoms with E-state index in [-0.39, 0.29) is 28.8 Å². The molecule has 1 aliphatic heterocycles. The number of amides is 1. The summed E-state index contributed by atoms with van der Waals surface area (Å²) in [4.78, 5) is 51.1. The summed E-state index contributed by atoms with van der Waals surface area (Å²) in [5, 5.41) is 4.24. The van der Waals surface area contributed by atoms with Crippen LogP contribution >= 0.6 is 0 Å². The van der Waals surface area contributed by atoms with Gasteiger partial charge in [-0.15, -0.1) is 0 Å². The van der Waals surface area contributed by atoms with Crippen molar-refractivity contribution in [2.75, 3.05) is 20.1 Å². The first-order valence-corrected chi connectivity index (χ1v) is 14.1. The van der Waals surface area contributed by atoms with Gasteiger partial charge in [0, 0.05) is 24.3 Å². The average molecular weight is 518 g/mol. The zero-order chi connectivity index (χ0) is 26.7. The number of pyridine rings is 1. The summed E-state index contributed by atoms with van der Waals surface area (Å²) in [5.41, 5.74) is 1.94. The maximum atomic E-state index is 13.4. The molecule has 2 atom stereocenters. The van der Waals surface area contributed by atoms with Crippen molar-refractivity contribution in [2.24, 2.45) is 11.3 Å². The lowest BCUT2D eigenvalue weighted by atomic mass is 9.91. The van der Waals surface area contributed by atoms with Gasteiger partial charge in [-0.2, -0.15) is 0 Å². The summed E-state index contributed by atoms with van der Waals surface area (Å²) in [7, 11) is 2.14. The molecule has 1 saturated carbocycles. The van der Waals surface area contributed by atoms with Crippen molar-refractivity contribution < 1.29 is 9.59 Å². The fraction of sp³-hybridized carbons (Fsp3) is 0.533. The Balaban J connectivity index is 1.31. The molecule has 1 aromatic carbocycles. The molecular weight excluding hydrogens is 478 g/mol. The summed E-state index contributed by atoms with van der Waals surface area (Å²) >= 11 is 0. The molecule has 3 aromatic rings. The second kappa shape index (κ2) is 11.2. The molecule has 1 spiro atoms. The molecule has 1 unspecified atom stereocenters. The molecular formula is C30H39N5O3. The highest BCUT2D eigenvalue weighted by molar-refractivity contribution is 5.83. The van der Waals surface area contributed by atoms with Crippen LogP contribution in [-0.2, 0) is 9.59 Å². The molecule has 3 heterocycles. The summed E-state index contributed by atoms with van der Waals surface area (Å²) in [6.45, 7) is 4.00. The highest BCUT2D eigenvalue weighted by Gasteiger charge is 2.58. The van der Waals surface area contributed by atoms with Gasteiger partial charge in [0.25, 0.3) is 5.56 Å². The smallest absolute Gasteiger partial charge is 0.257 e. The van der Waals surface area contributed by atoms with Crippen LogP contribution in [0.15, 0.2) is 41.3 Å². The van der Waals surface area contributed by atoms with Gasteiger partial charge in [-0.3, -0.25) is 14.4 Å². The Morgan fingerprint density at radius 3 is 2.74 bits per heavy atom. The van der Waals surface area contributed by atoms with Gasteiger partial charge >= 0.3 is 0 Å². The Morgan fingerprint density at radius 1 is 1.16 bits per heavy atom. The third-order valence-electron chi connectivity index (χ3n) is 8.62. The Morgan fingerprint density at radius 2 is 1.95 bits per heavy atom. The van der Waals surface area contributed by atoms with Crippen LogP contribution in [0.4, 0.5) is 0 Å². The van der Waals surface area contributed by atoms with Gasteiger partial charge in [-0.05, 0) is 75.2 Å². The molecule has 2 fully saturated rings. The monoisotopic (exact) mass is 517 g/mol. The van der Waals surface area contributed by atoms with Crippen LogP contribution in [0.2, 0.25) is 0 Å². The molecule has 202 valence electrons. The summed E-state index contributed by atoms with van der Waals surface area (Å²) in [5.74, 6) is 1.15. The van der Waals surface area contributed by atoms with Gasteiger partial charge in [-0.1, -0.05) is 38.0 Å². The number of likely N-dealkylation sites (tertiary alicyclic amines) is 1. The van der Waals surface area contributed by atoms with E-state index in [1.807, 2.05) is 37.3 Å². The van der Waals surface area contributed by atoms with Crippen LogP contribution in [0.5, 0.6) is 0 Å². The van der Waals surface area contributed by atoms with Crippen molar-refractivity contribution in [3.05, 3.63) is 52.7 Å². The van der Waals surface area contributed by atoms with Crippen LogP contribution in [0.3, 0.4) is 0 Å². The zero-order valence-electron chi connectivity index (χ0n) is 22.5. The number of hydrogen-bond acceptors (Lipinski definition) is 5. The van der Waals surface area contributed by atoms with Gasteiger partial charge in [-0.25, -0.2) is 4.98 Å². The number of benzene rings is 1. The summed E-state index contributed by atoms with van der Waals surface area (Å²) in [6.07, 6.45) is 9.41. The number of piperidine rings is 1. The van der Waals surface area contributed by atoms with E-state index >= 15 is 0 Å². The molecule has 1 aliphatic carbocycles. The van der Waals surface area contributed by atoms with Crippen LogP contribution < -0.4 is 10.9 Å². The van der Waals surface area contributed by atoms with Crippen LogP contribution in [0.1, 0.15) is 76.6 Å². The Kier molecular flexibility index (Phi) is 7.79. The topological polar surface area (TPSA) is 111 Å². The van der Waals surface area contributed by atoms with Gasteiger partial charge < -0.3 is 20.2 Å². The average Bonchev–Trinajstić information content (AvgIpc) is 3.40. The summed E-state index contributed by atoms with van der Waals surface area (Å²) in [6, 6.07) is 9.30. The third kappa shape index (κ3) is 5.75. The highest BCUT2D eigenvalue weighted by Crippen LogP contribution is 2.59. The van der Waals surface area contributed by atoms with Crippen molar-refractivity contribution in [2.45, 2.75) is 70.8 Å². The normalized spacial score (nSPS) is 19.5. The van der Waals surface area contributed by atoms with E-state index in [0.29, 0.717) is 35.7 Å². The Labute approximate surface area is 223 Å². The van der Waals surface area contributed by atoms with E-state index in [1.54, 1.807) is 6.20 Å². The predicted octanol–water partition coefficient (Wildman–Crippen LogP) is 4.74. The van der Waals surface area contributed by atoms with Crippen molar-refractivity contribution in [1.82, 2.24) is 25.2 Å². The number of aromatic nitrogens is 3. The van der Waals surface area contributed by atoms with E-state index < -0.39 is 0 Å². The largest absolute Gasteiger partial charge is 0.346 e. The number of carbonyl (C=O) groups is 2. The fourth-order valence-corrected chi connectivity index (χ4v) is 5.91. The lowest BCUT2D eigenvalue weighted by molar-refractivity contribution is -0.124. The highest BCUT2D eigenvalue weighted by atomic mass is 16.2. The number of nitrogens with zero attached hydrogens (tertiary/aromatic N) is 2. The first kappa shape index (κ1) is 26.4. The van der Waals surface area contributed by atoms with Gasteiger partial charge in [0.2, 0.25) is 5.91 Å². The zero-order valence-corrected chi connectivity index (χ0v) is 22.5. The number of ketones is 1. The fourth-order valence-electron chi connectivity index (χ4n) is 5.91. The number of imidazole rings is 1. The Hall–Kier alpha value is -3.26. The molecule has 8 nitrogen and oxygen atoms in total. The molecule has 1 saturated heterocycles. The molecule has 2 aliphatic rings. The van der Waals surface area contributed by atoms with Crippen LogP contribution in [0, 0.1) is 11.3 Å². The first-order chi connectivity index (χ1) is 18.4. The molecule has 1 amide bonds. The van der Waals surface area contributed by atoms with E-state index in [0.717, 1.165) is 68.9 Å². The second-order valence-corrected chi connectivity index (χ2v) is 11.3. The molecule has 2 aromatic heterocycles. The van der Waals surface area contributed by atoms with Crippen LogP contribution in [-0.4, -0.2) is 51.7 Å². The number of Topliss-reactive ketones (excluding diaryl/α,β-unsaturated/α-hetero) is 1. The lowest BCUT2D eigenvalue weighted by Gasteiger charge is -2.30. The first-order valence-electron chi connectivity index (χ1n) is 14.1. The second-order valence-electron chi connectivity index (χ2n) is 11.3. The number of hydrogen-bond donors (Lipinski definition) is 3. The number of carbonyl (C=O) groups excluding carboxylic acids is 2. The maximum Gasteiger partial charge on any atom is 0.257 e. The van der Waals surface area contributed by atoms with Crippen molar-refractivity contribution in [3.8, 4) is 11.3 Å². The minimum atomic E-state index is -0.262. The molecule has 0 radical (unpaired) electrons. The van der Waals surface area contributed by atoms with Crippen molar-refractivity contribution in [3.63, 3.8) is 0 Å². The molecule has 38 heavy (non-hydrogen) atoms. The van der Waals surface area contributed by atoms with E-state index in [2.05, 4.69) is 32.2 Å². The number of para-hydroxylation sites is 1. The van der Waals surface area contributed by atoms with E-state index in [9.17, 15) is 14.4 Å². The standard InChI is InChI=1S/C30H39N5O3/c1-3-21(36)10-5-4-6-12-25(34-29(38)23-18-30(23)13-15-35(2)16-14-30)27-31-19-26(32-27)22-17-20-9-7-8-11-24(20)33-28(22)37/h7-9,11,17,19,23,25H,3-6,10,12-16,18H2,1-2H3,(H,31,32)(H,33,37)(H,34,38)/t23?,25-/m0/s1. The minimum absolute atomic E-state index is 0.0682. The van der Waals surface area contributed by atoms with Crippen molar-refractivity contribution >= 4 is 22.6 Å². The SMILES string of the molecule is CCC(=O)CCCCC[C@H](NC(=O)C1CC12CCN(C)CC2)c1ncc(-c2cc3ccccc3[nH]c2=O)[nH]1. The quantitative estimate of drug-likeness (QED) is 0.318. The van der Waals surface area contributed by atoms with Gasteiger partial charge in [0.15, 0.2) is 0 Å². The lowest BCUT2D eigenvalue weighted by Crippen LogP contribution is -2.36. The third-order valence-corrected chi connectivity index (χ3v) is 8.62. The van der Waals surface area contributed by atoms with Crippen molar-refractivity contribution in [1.29, 1.82) is 0 Å². The van der Waals surface area contributed by atoms with Crippen LogP contribution in [0.25, 0.3) is 22.2 Å².